The smallest absolute Gasteiger partial charge is 0.279 e. The monoisotopic (exact) mass is 218 g/mol. The quantitative estimate of drug-likeness (QED) is 0.476. The summed E-state index contributed by atoms with van der Waals surface area (Å²) in [5.41, 5.74) is -0.576. The molecule has 0 bridgehead atoms. The van der Waals surface area contributed by atoms with E-state index in [0.717, 1.165) is 6.07 Å². The molecule has 0 radical (unpaired) electrons. The molecule has 0 aliphatic carbocycles. The molecule has 0 saturated carbocycles. The van der Waals surface area contributed by atoms with Crippen molar-refractivity contribution in [2.75, 3.05) is 0 Å². The molecule has 16 heavy (non-hydrogen) atoms. The molecule has 80 valence electrons. The molecule has 0 aliphatic heterocycles. The summed E-state index contributed by atoms with van der Waals surface area (Å²) in [5.74, 6) is -0.337. The maximum Gasteiger partial charge on any atom is 0.279 e. The zero-order chi connectivity index (χ0) is 11.7. The minimum absolute atomic E-state index is 0.242. The maximum atomic E-state index is 10.8. The molecule has 2 aromatic rings. The van der Waals surface area contributed by atoms with Crippen LogP contribution in [0.4, 0.5) is 11.4 Å². The standard InChI is InChI=1S/C10H6N2O4/c13-10-7-4-2-1-3-6(7)9(12(15)16)5-8(10)11-14/h1-5,13H. The summed E-state index contributed by atoms with van der Waals surface area (Å²) in [4.78, 5) is 20.6. The molecule has 0 aliphatic rings. The third-order valence-corrected chi connectivity index (χ3v) is 2.27. The van der Waals surface area contributed by atoms with Crippen molar-refractivity contribution in [2.45, 2.75) is 0 Å². The van der Waals surface area contributed by atoms with Crippen molar-refractivity contribution >= 4 is 22.1 Å². The van der Waals surface area contributed by atoms with Gasteiger partial charge in [0.15, 0.2) is 11.4 Å². The lowest BCUT2D eigenvalue weighted by atomic mass is 10.1. The summed E-state index contributed by atoms with van der Waals surface area (Å²) in [6.45, 7) is 0. The molecular weight excluding hydrogens is 212 g/mol. The highest BCUT2D eigenvalue weighted by molar-refractivity contribution is 5.99. The Labute approximate surface area is 89.3 Å². The van der Waals surface area contributed by atoms with E-state index in [0.29, 0.717) is 0 Å². The van der Waals surface area contributed by atoms with Crippen LogP contribution in [-0.4, -0.2) is 10.0 Å². The van der Waals surface area contributed by atoms with Crippen LogP contribution in [0.15, 0.2) is 35.5 Å². The lowest BCUT2D eigenvalue weighted by Gasteiger charge is -2.03. The van der Waals surface area contributed by atoms with Gasteiger partial charge in [0.05, 0.1) is 10.3 Å². The minimum atomic E-state index is -0.615. The van der Waals surface area contributed by atoms with Gasteiger partial charge in [0, 0.05) is 11.5 Å². The van der Waals surface area contributed by atoms with Gasteiger partial charge in [-0.2, -0.15) is 0 Å². The molecule has 0 heterocycles. The first kappa shape index (κ1) is 10.0. The fraction of sp³-hybridized carbons (Fsp3) is 0. The second kappa shape index (κ2) is 3.58. The van der Waals surface area contributed by atoms with Crippen molar-refractivity contribution in [3.63, 3.8) is 0 Å². The number of phenolic OH excluding ortho intramolecular Hbond substituents is 1. The first-order chi connectivity index (χ1) is 7.65. The van der Waals surface area contributed by atoms with Gasteiger partial charge >= 0.3 is 0 Å². The van der Waals surface area contributed by atoms with Crippen molar-refractivity contribution in [3.8, 4) is 5.75 Å². The lowest BCUT2D eigenvalue weighted by molar-refractivity contribution is -0.383. The van der Waals surface area contributed by atoms with Crippen LogP contribution >= 0.6 is 0 Å². The van der Waals surface area contributed by atoms with E-state index in [4.69, 9.17) is 0 Å². The molecule has 0 saturated heterocycles. The number of fused-ring (bicyclic) bond motifs is 1. The molecule has 2 aromatic carbocycles. The van der Waals surface area contributed by atoms with E-state index < -0.39 is 4.92 Å². The predicted molar refractivity (Wildman–Crippen MR) is 57.7 cm³/mol. The van der Waals surface area contributed by atoms with E-state index >= 15 is 0 Å². The molecule has 0 spiro atoms. The number of benzene rings is 2. The SMILES string of the molecule is O=Nc1cc([N+](=O)[O-])c2ccccc2c1O. The highest BCUT2D eigenvalue weighted by Crippen LogP contribution is 2.40. The van der Waals surface area contributed by atoms with Crippen LogP contribution in [-0.2, 0) is 0 Å². The second-order valence-electron chi connectivity index (χ2n) is 3.16. The number of hydrogen-bond donors (Lipinski definition) is 1. The van der Waals surface area contributed by atoms with E-state index in [1.54, 1.807) is 12.1 Å². The van der Waals surface area contributed by atoms with Crippen LogP contribution in [0.25, 0.3) is 10.8 Å². The number of phenols is 1. The third-order valence-electron chi connectivity index (χ3n) is 2.27. The van der Waals surface area contributed by atoms with Gasteiger partial charge in [-0.3, -0.25) is 10.1 Å². The van der Waals surface area contributed by atoms with Gasteiger partial charge in [-0.1, -0.05) is 18.2 Å². The number of nitroso groups, excluding NO2 is 1. The number of non-ortho nitro benzene ring substituents is 1. The summed E-state index contributed by atoms with van der Waals surface area (Å²) >= 11 is 0. The number of nitro benzene ring substituents is 1. The van der Waals surface area contributed by atoms with Crippen LogP contribution in [0.1, 0.15) is 0 Å². The van der Waals surface area contributed by atoms with Crippen molar-refractivity contribution in [2.24, 2.45) is 5.18 Å². The molecule has 2 rings (SSSR count). The largest absolute Gasteiger partial charge is 0.505 e. The summed E-state index contributed by atoms with van der Waals surface area (Å²) in [7, 11) is 0. The molecule has 0 amide bonds. The molecule has 0 atom stereocenters. The first-order valence-electron chi connectivity index (χ1n) is 4.37. The van der Waals surface area contributed by atoms with Gasteiger partial charge in [-0.25, -0.2) is 0 Å². The van der Waals surface area contributed by atoms with Crippen LogP contribution in [0, 0.1) is 15.0 Å². The molecule has 0 unspecified atom stereocenters. The Bertz CT molecular complexity index is 595. The molecule has 6 nitrogen and oxygen atoms in total. The van der Waals surface area contributed by atoms with Gasteiger partial charge in [-0.05, 0) is 11.2 Å². The van der Waals surface area contributed by atoms with Crippen molar-refractivity contribution in [3.05, 3.63) is 45.4 Å². The number of nitro groups is 1. The zero-order valence-corrected chi connectivity index (χ0v) is 7.95. The number of rotatable bonds is 2. The van der Waals surface area contributed by atoms with Crippen LogP contribution in [0.2, 0.25) is 0 Å². The topological polar surface area (TPSA) is 92.8 Å². The fourth-order valence-corrected chi connectivity index (χ4v) is 1.55. The molecular formula is C10H6N2O4. The van der Waals surface area contributed by atoms with E-state index in [9.17, 15) is 20.1 Å². The van der Waals surface area contributed by atoms with Gasteiger partial charge in [0.2, 0.25) is 0 Å². The normalized spacial score (nSPS) is 10.2. The van der Waals surface area contributed by atoms with Crippen molar-refractivity contribution in [1.82, 2.24) is 0 Å². The van der Waals surface area contributed by atoms with Crippen LogP contribution in [0.5, 0.6) is 5.75 Å². The Balaban J connectivity index is 2.95. The lowest BCUT2D eigenvalue weighted by Crippen LogP contribution is -1.89. The van der Waals surface area contributed by atoms with Crippen molar-refractivity contribution in [1.29, 1.82) is 0 Å². The van der Waals surface area contributed by atoms with E-state index in [1.165, 1.54) is 12.1 Å². The van der Waals surface area contributed by atoms with Gasteiger partial charge < -0.3 is 5.11 Å². The van der Waals surface area contributed by atoms with E-state index in [-0.39, 0.29) is 27.9 Å². The van der Waals surface area contributed by atoms with Gasteiger partial charge in [0.1, 0.15) is 0 Å². The van der Waals surface area contributed by atoms with E-state index in [1.807, 2.05) is 0 Å². The Hall–Kier alpha value is -2.50. The average molecular weight is 218 g/mol. The molecule has 6 heteroatoms. The third kappa shape index (κ3) is 1.36. The number of aromatic hydroxyl groups is 1. The summed E-state index contributed by atoms with van der Waals surface area (Å²) in [6.07, 6.45) is 0. The van der Waals surface area contributed by atoms with Gasteiger partial charge in [-0.15, -0.1) is 4.91 Å². The Morgan fingerprint density at radius 1 is 1.25 bits per heavy atom. The Kier molecular flexibility index (Phi) is 2.24. The fourth-order valence-electron chi connectivity index (χ4n) is 1.55. The number of hydrogen-bond acceptors (Lipinski definition) is 5. The number of nitrogens with zero attached hydrogens (tertiary/aromatic N) is 2. The van der Waals surface area contributed by atoms with Crippen LogP contribution < -0.4 is 0 Å². The average Bonchev–Trinajstić information content (AvgIpc) is 2.29. The first-order valence-corrected chi connectivity index (χ1v) is 4.37. The predicted octanol–water partition coefficient (Wildman–Crippen LogP) is 2.85. The summed E-state index contributed by atoms with van der Waals surface area (Å²) in [5, 5.41) is 23.5. The zero-order valence-electron chi connectivity index (χ0n) is 7.95. The maximum absolute atomic E-state index is 10.8. The van der Waals surface area contributed by atoms with Crippen LogP contribution in [0.3, 0.4) is 0 Å². The molecule has 1 N–H and O–H groups in total. The Morgan fingerprint density at radius 3 is 2.44 bits per heavy atom. The van der Waals surface area contributed by atoms with Crippen molar-refractivity contribution < 1.29 is 10.0 Å². The van der Waals surface area contributed by atoms with Gasteiger partial charge in [0.25, 0.3) is 5.69 Å². The molecule has 0 fully saturated rings. The second-order valence-corrected chi connectivity index (χ2v) is 3.16. The minimum Gasteiger partial charge on any atom is -0.505 e. The highest BCUT2D eigenvalue weighted by atomic mass is 16.6. The summed E-state index contributed by atoms with van der Waals surface area (Å²) in [6, 6.07) is 7.18. The summed E-state index contributed by atoms with van der Waals surface area (Å²) < 4.78 is 0. The highest BCUT2D eigenvalue weighted by Gasteiger charge is 2.18. The Morgan fingerprint density at radius 2 is 1.88 bits per heavy atom. The molecule has 0 aromatic heterocycles. The van der Waals surface area contributed by atoms with E-state index in [2.05, 4.69) is 5.18 Å².